The minimum atomic E-state index is -5.29. The van der Waals surface area contributed by atoms with E-state index in [9.17, 15) is 21.6 Å². The van der Waals surface area contributed by atoms with Crippen molar-refractivity contribution in [3.63, 3.8) is 0 Å². The van der Waals surface area contributed by atoms with E-state index in [0.717, 1.165) is 0 Å². The van der Waals surface area contributed by atoms with E-state index < -0.39 is 15.3 Å². The molecule has 0 amide bonds. The Hall–Kier alpha value is -1.14. The van der Waals surface area contributed by atoms with Gasteiger partial charge in [-0.2, -0.15) is 13.2 Å². The minimum absolute atomic E-state index is 0.0942. The van der Waals surface area contributed by atoms with Gasteiger partial charge in [0.1, 0.15) is 0 Å². The molecule has 0 spiro atoms. The van der Waals surface area contributed by atoms with Crippen molar-refractivity contribution in [2.75, 3.05) is 0 Å². The van der Waals surface area contributed by atoms with Crippen LogP contribution < -0.4 is 0 Å². The Morgan fingerprint density at radius 3 is 2.13 bits per heavy atom. The van der Waals surface area contributed by atoms with Crippen LogP contribution in [0.5, 0.6) is 0 Å². The van der Waals surface area contributed by atoms with Gasteiger partial charge in [-0.1, -0.05) is 5.92 Å². The van der Waals surface area contributed by atoms with E-state index in [2.05, 4.69) is 5.92 Å². The lowest BCUT2D eigenvalue weighted by molar-refractivity contribution is -0.0420. The molecule has 0 aromatic heterocycles. The van der Waals surface area contributed by atoms with Crippen LogP contribution in [-0.4, -0.2) is 13.9 Å². The lowest BCUT2D eigenvalue weighted by Crippen LogP contribution is -2.20. The lowest BCUT2D eigenvalue weighted by Gasteiger charge is -1.99. The molecule has 15 heavy (non-hydrogen) atoms. The highest BCUT2D eigenvalue weighted by Gasteiger charge is 2.44. The molecule has 0 rings (SSSR count). The molecule has 0 N–H and O–H groups in total. The fourth-order valence-electron chi connectivity index (χ4n) is 0.644. The number of halogens is 3. The second-order valence-corrected chi connectivity index (χ2v) is 4.31. The zero-order valence-electron chi connectivity index (χ0n) is 7.76. The molecule has 0 fully saturated rings. The van der Waals surface area contributed by atoms with Crippen LogP contribution >= 0.6 is 0 Å². The zero-order valence-corrected chi connectivity index (χ0v) is 8.58. The summed E-state index contributed by atoms with van der Waals surface area (Å²) in [5.74, 6) is 4.32. The fourth-order valence-corrected chi connectivity index (χ4v) is 1.05. The van der Waals surface area contributed by atoms with Gasteiger partial charge in [-0.3, -0.25) is 0 Å². The molecular formula is C9H9F3O2S. The van der Waals surface area contributed by atoms with E-state index in [4.69, 9.17) is 6.42 Å². The first-order valence-electron chi connectivity index (χ1n) is 4.05. The van der Waals surface area contributed by atoms with E-state index in [1.54, 1.807) is 0 Å². The zero-order chi connectivity index (χ0) is 11.9. The van der Waals surface area contributed by atoms with Crippen molar-refractivity contribution in [2.24, 2.45) is 0 Å². The molecule has 0 unspecified atom stereocenters. The quantitative estimate of drug-likeness (QED) is 0.428. The number of sulfone groups is 1. The second kappa shape index (κ2) is 5.67. The van der Waals surface area contributed by atoms with Crippen LogP contribution in [0, 0.1) is 23.5 Å². The molecule has 84 valence electrons. The Morgan fingerprint density at radius 1 is 1.13 bits per heavy atom. The third-order valence-electron chi connectivity index (χ3n) is 1.38. The summed E-state index contributed by atoms with van der Waals surface area (Å²) in [6.07, 6.45) is 6.65. The number of hydrogen-bond donors (Lipinski definition) is 0. The van der Waals surface area contributed by atoms with E-state index in [-0.39, 0.29) is 6.42 Å². The van der Waals surface area contributed by atoms with E-state index >= 15 is 0 Å². The highest BCUT2D eigenvalue weighted by Crippen LogP contribution is 2.22. The number of unbranched alkanes of at least 4 members (excludes halogenated alkanes) is 3. The van der Waals surface area contributed by atoms with Crippen LogP contribution in [0.2, 0.25) is 0 Å². The molecule has 0 aliphatic carbocycles. The molecule has 0 heterocycles. The predicted molar refractivity (Wildman–Crippen MR) is 50.1 cm³/mol. The minimum Gasteiger partial charge on any atom is -0.206 e. The normalized spacial score (nSPS) is 11.3. The largest absolute Gasteiger partial charge is 0.509 e. The summed E-state index contributed by atoms with van der Waals surface area (Å²) in [5.41, 5.74) is -5.29. The lowest BCUT2D eigenvalue weighted by atomic mass is 10.2. The average molecular weight is 238 g/mol. The molecule has 0 bridgehead atoms. The van der Waals surface area contributed by atoms with Gasteiger partial charge < -0.3 is 0 Å². The molecule has 0 saturated heterocycles. The summed E-state index contributed by atoms with van der Waals surface area (Å²) in [6.45, 7) is 0. The van der Waals surface area contributed by atoms with Gasteiger partial charge in [0.15, 0.2) is 0 Å². The third-order valence-corrected chi connectivity index (χ3v) is 2.41. The van der Waals surface area contributed by atoms with E-state index in [0.29, 0.717) is 19.3 Å². The molecule has 0 aromatic rings. The first-order valence-corrected chi connectivity index (χ1v) is 5.54. The fraction of sp³-hybridized carbons (Fsp3) is 0.556. The smallest absolute Gasteiger partial charge is 0.206 e. The summed E-state index contributed by atoms with van der Waals surface area (Å²) in [5, 5.41) is 1.22. The highest BCUT2D eigenvalue weighted by molar-refractivity contribution is 7.96. The number of hydrogen-bond acceptors (Lipinski definition) is 2. The van der Waals surface area contributed by atoms with Crippen LogP contribution in [0.25, 0.3) is 0 Å². The van der Waals surface area contributed by atoms with Crippen molar-refractivity contribution in [2.45, 2.75) is 31.2 Å². The maximum atomic E-state index is 11.7. The standard InChI is InChI=1S/C9H9F3O2S/c1-2-3-4-5-6-7-8-15(13,14)9(10,11)12/h1H,3-6H2. The molecule has 0 aliphatic rings. The first kappa shape index (κ1) is 13.9. The molecule has 0 saturated carbocycles. The van der Waals surface area contributed by atoms with Crippen molar-refractivity contribution in [3.05, 3.63) is 0 Å². The maximum Gasteiger partial charge on any atom is 0.509 e. The predicted octanol–water partition coefficient (Wildman–Crippen LogP) is 2.08. The van der Waals surface area contributed by atoms with Gasteiger partial charge in [-0.05, 0) is 12.8 Å². The number of terminal acetylenes is 1. The van der Waals surface area contributed by atoms with Crippen molar-refractivity contribution in [1.29, 1.82) is 0 Å². The van der Waals surface area contributed by atoms with Crippen molar-refractivity contribution in [3.8, 4) is 23.5 Å². The Balaban J connectivity index is 4.15. The molecule has 0 aliphatic heterocycles. The molecule has 0 aromatic carbocycles. The molecule has 0 radical (unpaired) electrons. The van der Waals surface area contributed by atoms with E-state index in [1.165, 1.54) is 5.25 Å². The Labute approximate surface area is 86.8 Å². The van der Waals surface area contributed by atoms with Crippen LogP contribution in [0.15, 0.2) is 0 Å². The second-order valence-electron chi connectivity index (χ2n) is 2.64. The first-order chi connectivity index (χ1) is 6.81. The van der Waals surface area contributed by atoms with Crippen LogP contribution in [-0.2, 0) is 9.84 Å². The molecule has 6 heteroatoms. The summed E-state index contributed by atoms with van der Waals surface area (Å²) < 4.78 is 56.1. The van der Waals surface area contributed by atoms with Crippen LogP contribution in [0.1, 0.15) is 25.7 Å². The summed E-state index contributed by atoms with van der Waals surface area (Å²) in [6, 6.07) is 0. The molecule has 0 atom stereocenters. The van der Waals surface area contributed by atoms with Gasteiger partial charge in [-0.15, -0.1) is 12.3 Å². The van der Waals surface area contributed by atoms with Gasteiger partial charge in [-0.25, -0.2) is 8.42 Å². The van der Waals surface area contributed by atoms with Crippen molar-refractivity contribution < 1.29 is 21.6 Å². The Bertz CT molecular complexity index is 390. The van der Waals surface area contributed by atoms with Crippen molar-refractivity contribution >= 4 is 9.84 Å². The highest BCUT2D eigenvalue weighted by atomic mass is 32.2. The Morgan fingerprint density at radius 2 is 1.67 bits per heavy atom. The van der Waals surface area contributed by atoms with Gasteiger partial charge in [0.05, 0.1) is 0 Å². The maximum absolute atomic E-state index is 11.7. The molecular weight excluding hydrogens is 229 g/mol. The average Bonchev–Trinajstić information content (AvgIpc) is 2.09. The number of rotatable bonds is 3. The van der Waals surface area contributed by atoms with Gasteiger partial charge in [0.25, 0.3) is 0 Å². The topological polar surface area (TPSA) is 34.1 Å². The van der Waals surface area contributed by atoms with Crippen molar-refractivity contribution in [1.82, 2.24) is 0 Å². The summed E-state index contributed by atoms with van der Waals surface area (Å²) in [7, 11) is -5.29. The third kappa shape index (κ3) is 5.34. The van der Waals surface area contributed by atoms with Gasteiger partial charge in [0, 0.05) is 18.1 Å². The Kier molecular flexibility index (Phi) is 5.24. The number of alkyl halides is 3. The molecule has 2 nitrogen and oxygen atoms in total. The van der Waals surface area contributed by atoms with Gasteiger partial charge >= 0.3 is 15.3 Å². The van der Waals surface area contributed by atoms with Gasteiger partial charge in [0.2, 0.25) is 0 Å². The van der Waals surface area contributed by atoms with E-state index in [1.807, 2.05) is 5.92 Å². The SMILES string of the molecule is C#CCCCCC#CS(=O)(=O)C(F)(F)F. The van der Waals surface area contributed by atoms with Crippen LogP contribution in [0.3, 0.4) is 0 Å². The monoisotopic (exact) mass is 238 g/mol. The summed E-state index contributed by atoms with van der Waals surface area (Å²) >= 11 is 0. The van der Waals surface area contributed by atoms with Crippen LogP contribution in [0.4, 0.5) is 13.2 Å². The summed E-state index contributed by atoms with van der Waals surface area (Å²) in [4.78, 5) is 0.